The van der Waals surface area contributed by atoms with Crippen LogP contribution in [0.25, 0.3) is 0 Å². The van der Waals surface area contributed by atoms with Crippen LogP contribution in [0, 0.1) is 0 Å². The molecule has 1 fully saturated rings. The molecule has 1 aliphatic rings. The lowest BCUT2D eigenvalue weighted by Crippen LogP contribution is -2.00. The molecule has 0 bridgehead atoms. The maximum atomic E-state index is 9.61. The average molecular weight is 113 g/mol. The van der Waals surface area contributed by atoms with E-state index in [0.29, 0.717) is 6.61 Å². The minimum absolute atomic E-state index is 0.0903. The molecule has 0 radical (unpaired) electrons. The van der Waals surface area contributed by atoms with Crippen molar-refractivity contribution in [2.24, 2.45) is 4.99 Å². The fourth-order valence-electron chi connectivity index (χ4n) is 0.698. The molecule has 0 aliphatic carbocycles. The standard InChI is InChI=1S/C5H7NO2/c7-4-6-5-1-2-8-3-5/h5H,1-3H2/t5-/m0/s1. The second kappa shape index (κ2) is 2.60. The van der Waals surface area contributed by atoms with Gasteiger partial charge in [0.1, 0.15) is 0 Å². The smallest absolute Gasteiger partial charge is 0.235 e. The summed E-state index contributed by atoms with van der Waals surface area (Å²) in [5.74, 6) is 0. The molecule has 0 aromatic heterocycles. The van der Waals surface area contributed by atoms with Gasteiger partial charge in [-0.1, -0.05) is 0 Å². The Morgan fingerprint density at radius 1 is 1.75 bits per heavy atom. The van der Waals surface area contributed by atoms with Gasteiger partial charge in [0.25, 0.3) is 0 Å². The molecule has 44 valence electrons. The van der Waals surface area contributed by atoms with Crippen LogP contribution in [0.5, 0.6) is 0 Å². The van der Waals surface area contributed by atoms with E-state index in [1.165, 1.54) is 6.08 Å². The predicted molar refractivity (Wildman–Crippen MR) is 27.3 cm³/mol. The van der Waals surface area contributed by atoms with Gasteiger partial charge in [0.2, 0.25) is 6.08 Å². The average Bonchev–Trinajstić information content (AvgIpc) is 2.19. The lowest BCUT2D eigenvalue weighted by Gasteiger charge is -1.90. The molecule has 1 saturated heterocycles. The molecular weight excluding hydrogens is 106 g/mol. The summed E-state index contributed by atoms with van der Waals surface area (Å²) >= 11 is 0. The molecule has 0 amide bonds. The molecule has 8 heavy (non-hydrogen) atoms. The third kappa shape index (κ3) is 1.15. The van der Waals surface area contributed by atoms with E-state index < -0.39 is 0 Å². The molecule has 0 N–H and O–H groups in total. The van der Waals surface area contributed by atoms with Crippen molar-refractivity contribution < 1.29 is 9.53 Å². The fraction of sp³-hybridized carbons (Fsp3) is 0.800. The van der Waals surface area contributed by atoms with Crippen molar-refractivity contribution in [2.45, 2.75) is 12.5 Å². The van der Waals surface area contributed by atoms with Gasteiger partial charge in [-0.3, -0.25) is 0 Å². The van der Waals surface area contributed by atoms with Crippen LogP contribution in [0.4, 0.5) is 0 Å². The SMILES string of the molecule is O=C=N[C@H]1CCOC1. The van der Waals surface area contributed by atoms with E-state index in [1.54, 1.807) is 0 Å². The highest BCUT2D eigenvalue weighted by Gasteiger charge is 2.12. The summed E-state index contributed by atoms with van der Waals surface area (Å²) in [7, 11) is 0. The Labute approximate surface area is 47.4 Å². The van der Waals surface area contributed by atoms with Gasteiger partial charge in [0, 0.05) is 6.61 Å². The van der Waals surface area contributed by atoms with E-state index in [0.717, 1.165) is 13.0 Å². The largest absolute Gasteiger partial charge is 0.379 e. The van der Waals surface area contributed by atoms with Crippen molar-refractivity contribution in [1.82, 2.24) is 0 Å². The van der Waals surface area contributed by atoms with Crippen LogP contribution < -0.4 is 0 Å². The minimum Gasteiger partial charge on any atom is -0.379 e. The Bertz CT molecular complexity index is 112. The third-order valence-corrected chi connectivity index (χ3v) is 1.14. The summed E-state index contributed by atoms with van der Waals surface area (Å²) in [6, 6.07) is 0.0903. The van der Waals surface area contributed by atoms with Crippen LogP contribution in [-0.4, -0.2) is 25.3 Å². The van der Waals surface area contributed by atoms with Gasteiger partial charge in [-0.25, -0.2) is 9.79 Å². The van der Waals surface area contributed by atoms with E-state index in [-0.39, 0.29) is 6.04 Å². The number of ether oxygens (including phenoxy) is 1. The maximum Gasteiger partial charge on any atom is 0.235 e. The molecule has 0 spiro atoms. The monoisotopic (exact) mass is 113 g/mol. The molecule has 0 aromatic rings. The Morgan fingerprint density at radius 3 is 3.12 bits per heavy atom. The Balaban J connectivity index is 2.35. The highest BCUT2D eigenvalue weighted by molar-refractivity contribution is 5.33. The summed E-state index contributed by atoms with van der Waals surface area (Å²) in [5, 5.41) is 0. The zero-order valence-electron chi connectivity index (χ0n) is 4.46. The van der Waals surface area contributed by atoms with Gasteiger partial charge in [-0.05, 0) is 6.42 Å². The van der Waals surface area contributed by atoms with E-state index >= 15 is 0 Å². The lowest BCUT2D eigenvalue weighted by atomic mass is 10.3. The number of carbonyl (C=O) groups excluding carboxylic acids is 1. The third-order valence-electron chi connectivity index (χ3n) is 1.14. The number of aliphatic imine (C=N–C) groups is 1. The summed E-state index contributed by atoms with van der Waals surface area (Å²) in [4.78, 5) is 13.1. The van der Waals surface area contributed by atoms with Crippen LogP contribution >= 0.6 is 0 Å². The Kier molecular flexibility index (Phi) is 1.78. The van der Waals surface area contributed by atoms with Gasteiger partial charge < -0.3 is 4.74 Å². The maximum absolute atomic E-state index is 9.61. The molecule has 1 aliphatic heterocycles. The summed E-state index contributed by atoms with van der Waals surface area (Å²) < 4.78 is 4.94. The summed E-state index contributed by atoms with van der Waals surface area (Å²) in [5.41, 5.74) is 0. The van der Waals surface area contributed by atoms with Crippen molar-refractivity contribution in [2.75, 3.05) is 13.2 Å². The van der Waals surface area contributed by atoms with Crippen LogP contribution in [0.15, 0.2) is 4.99 Å². The van der Waals surface area contributed by atoms with Crippen LogP contribution in [0.1, 0.15) is 6.42 Å². The molecule has 3 nitrogen and oxygen atoms in total. The molecule has 1 rings (SSSR count). The molecular formula is C5H7NO2. The summed E-state index contributed by atoms with van der Waals surface area (Å²) in [6.45, 7) is 1.32. The van der Waals surface area contributed by atoms with E-state index in [1.807, 2.05) is 0 Å². The Hall–Kier alpha value is -0.660. The van der Waals surface area contributed by atoms with Gasteiger partial charge >= 0.3 is 0 Å². The number of nitrogens with zero attached hydrogens (tertiary/aromatic N) is 1. The van der Waals surface area contributed by atoms with Crippen LogP contribution in [-0.2, 0) is 9.53 Å². The van der Waals surface area contributed by atoms with Gasteiger partial charge in [-0.2, -0.15) is 0 Å². The van der Waals surface area contributed by atoms with Gasteiger partial charge in [0.15, 0.2) is 0 Å². The van der Waals surface area contributed by atoms with Crippen molar-refractivity contribution in [1.29, 1.82) is 0 Å². The van der Waals surface area contributed by atoms with Crippen LogP contribution in [0.2, 0.25) is 0 Å². The van der Waals surface area contributed by atoms with Gasteiger partial charge in [-0.15, -0.1) is 0 Å². The molecule has 3 heteroatoms. The number of hydrogen-bond donors (Lipinski definition) is 0. The quantitative estimate of drug-likeness (QED) is 0.357. The highest BCUT2D eigenvalue weighted by atomic mass is 16.5. The second-order valence-electron chi connectivity index (χ2n) is 1.74. The van der Waals surface area contributed by atoms with Gasteiger partial charge in [0.05, 0.1) is 12.6 Å². The summed E-state index contributed by atoms with van der Waals surface area (Å²) in [6.07, 6.45) is 2.37. The van der Waals surface area contributed by atoms with Crippen molar-refractivity contribution >= 4 is 6.08 Å². The molecule has 0 aromatic carbocycles. The molecule has 0 saturated carbocycles. The van der Waals surface area contributed by atoms with E-state index in [4.69, 9.17) is 4.74 Å². The first kappa shape index (κ1) is 5.48. The highest BCUT2D eigenvalue weighted by Crippen LogP contribution is 2.05. The Morgan fingerprint density at radius 2 is 2.62 bits per heavy atom. The van der Waals surface area contributed by atoms with Crippen molar-refractivity contribution in [3.63, 3.8) is 0 Å². The molecule has 1 atom stereocenters. The lowest BCUT2D eigenvalue weighted by molar-refractivity contribution is 0.194. The first-order chi connectivity index (χ1) is 3.93. The topological polar surface area (TPSA) is 38.7 Å². The molecule has 0 unspecified atom stereocenters. The minimum atomic E-state index is 0.0903. The number of rotatable bonds is 1. The number of hydrogen-bond acceptors (Lipinski definition) is 3. The van der Waals surface area contributed by atoms with Crippen LogP contribution in [0.3, 0.4) is 0 Å². The fourth-order valence-corrected chi connectivity index (χ4v) is 0.698. The predicted octanol–water partition coefficient (Wildman–Crippen LogP) is 0.111. The normalized spacial score (nSPS) is 27.2. The zero-order chi connectivity index (χ0) is 5.82. The zero-order valence-corrected chi connectivity index (χ0v) is 4.46. The second-order valence-corrected chi connectivity index (χ2v) is 1.74. The first-order valence-corrected chi connectivity index (χ1v) is 2.58. The van der Waals surface area contributed by atoms with E-state index in [9.17, 15) is 4.79 Å². The van der Waals surface area contributed by atoms with Crippen molar-refractivity contribution in [3.8, 4) is 0 Å². The first-order valence-electron chi connectivity index (χ1n) is 2.58. The van der Waals surface area contributed by atoms with E-state index in [2.05, 4.69) is 4.99 Å². The number of isocyanates is 1. The van der Waals surface area contributed by atoms with Crippen molar-refractivity contribution in [3.05, 3.63) is 0 Å². The molecule has 1 heterocycles.